The summed E-state index contributed by atoms with van der Waals surface area (Å²) in [5.74, 6) is 1.68. The summed E-state index contributed by atoms with van der Waals surface area (Å²) < 4.78 is 0. The number of nitrogens with two attached hydrogens (primary N) is 2. The van der Waals surface area contributed by atoms with E-state index in [1.54, 1.807) is 13.1 Å². The van der Waals surface area contributed by atoms with Gasteiger partial charge in [-0.1, -0.05) is 0 Å². The molecule has 0 aromatic carbocycles. The highest BCUT2D eigenvalue weighted by molar-refractivity contribution is 7.99. The van der Waals surface area contributed by atoms with E-state index in [0.717, 1.165) is 5.56 Å². The summed E-state index contributed by atoms with van der Waals surface area (Å²) >= 11 is 1.49. The van der Waals surface area contributed by atoms with Crippen molar-refractivity contribution in [1.29, 1.82) is 0 Å². The molecule has 1 saturated heterocycles. The minimum Gasteiger partial charge on any atom is -0.383 e. The molecule has 7 nitrogen and oxygen atoms in total. The lowest BCUT2D eigenvalue weighted by Gasteiger charge is -2.28. The normalized spacial score (nSPS) is 23.8. The Bertz CT molecular complexity index is 454. The number of hydrogen-bond acceptors (Lipinski definition) is 7. The Morgan fingerprint density at radius 3 is 3.06 bits per heavy atom. The zero-order valence-electron chi connectivity index (χ0n) is 10.0. The van der Waals surface area contributed by atoms with Gasteiger partial charge in [0, 0.05) is 17.5 Å². The number of nitrogen functional groups attached to an aromatic ring is 1. The Hall–Kier alpha value is -1.38. The van der Waals surface area contributed by atoms with Crippen LogP contribution in [0.15, 0.2) is 6.20 Å². The Kier molecular flexibility index (Phi) is 4.00. The van der Waals surface area contributed by atoms with E-state index in [4.69, 9.17) is 11.5 Å². The number of nitrogens with zero attached hydrogens (tertiary/aromatic N) is 2. The van der Waals surface area contributed by atoms with E-state index in [-0.39, 0.29) is 17.6 Å². The summed E-state index contributed by atoms with van der Waals surface area (Å²) in [6.07, 6.45) is 1.70. The van der Waals surface area contributed by atoms with Gasteiger partial charge in [0.15, 0.2) is 0 Å². The molecule has 98 valence electrons. The maximum atomic E-state index is 11.3. The highest BCUT2D eigenvalue weighted by Gasteiger charge is 2.23. The minimum atomic E-state index is -0.303. The van der Waals surface area contributed by atoms with Gasteiger partial charge in [-0.25, -0.2) is 9.97 Å². The lowest BCUT2D eigenvalue weighted by atomic mass is 10.3. The molecule has 1 aromatic rings. The molecule has 2 unspecified atom stereocenters. The van der Waals surface area contributed by atoms with Crippen molar-refractivity contribution in [3.8, 4) is 0 Å². The van der Waals surface area contributed by atoms with E-state index < -0.39 is 0 Å². The Balaban J connectivity index is 1.93. The molecule has 0 bridgehead atoms. The molecule has 6 N–H and O–H groups in total. The van der Waals surface area contributed by atoms with E-state index >= 15 is 0 Å². The van der Waals surface area contributed by atoms with Crippen molar-refractivity contribution in [2.75, 3.05) is 5.73 Å². The molecule has 1 amide bonds. The van der Waals surface area contributed by atoms with Crippen LogP contribution in [0.2, 0.25) is 0 Å². The molecular formula is C10H16N6OS. The third kappa shape index (κ3) is 3.31. The van der Waals surface area contributed by atoms with E-state index in [1.165, 1.54) is 11.8 Å². The lowest BCUT2D eigenvalue weighted by Crippen LogP contribution is -2.57. The van der Waals surface area contributed by atoms with Crippen LogP contribution in [0.4, 0.5) is 5.82 Å². The summed E-state index contributed by atoms with van der Waals surface area (Å²) in [5, 5.41) is 5.87. The largest absolute Gasteiger partial charge is 0.383 e. The molecular weight excluding hydrogens is 252 g/mol. The Morgan fingerprint density at radius 1 is 1.61 bits per heavy atom. The molecule has 1 fully saturated rings. The zero-order chi connectivity index (χ0) is 13.1. The SMILES string of the molecule is Cc1ncc(CSC2NC(=O)CC(N)N2)c(N)n1. The van der Waals surface area contributed by atoms with Crippen molar-refractivity contribution in [3.63, 3.8) is 0 Å². The number of nitrogens with one attached hydrogen (secondary N) is 2. The highest BCUT2D eigenvalue weighted by atomic mass is 32.2. The summed E-state index contributed by atoms with van der Waals surface area (Å²) in [6.45, 7) is 1.79. The number of rotatable bonds is 3. The number of aromatic nitrogens is 2. The van der Waals surface area contributed by atoms with Crippen LogP contribution < -0.4 is 22.1 Å². The van der Waals surface area contributed by atoms with E-state index in [2.05, 4.69) is 20.6 Å². The molecule has 2 rings (SSSR count). The molecule has 0 spiro atoms. The molecule has 0 saturated carbocycles. The molecule has 18 heavy (non-hydrogen) atoms. The van der Waals surface area contributed by atoms with Gasteiger partial charge in [-0.05, 0) is 6.92 Å². The predicted molar refractivity (Wildman–Crippen MR) is 70.1 cm³/mol. The number of anilines is 1. The van der Waals surface area contributed by atoms with Gasteiger partial charge in [0.05, 0.1) is 12.6 Å². The maximum absolute atomic E-state index is 11.3. The van der Waals surface area contributed by atoms with Crippen molar-refractivity contribution in [2.45, 2.75) is 30.8 Å². The Morgan fingerprint density at radius 2 is 2.39 bits per heavy atom. The number of hydrogen-bond donors (Lipinski definition) is 4. The van der Waals surface area contributed by atoms with Gasteiger partial charge in [-0.2, -0.15) is 0 Å². The first-order valence-electron chi connectivity index (χ1n) is 5.55. The average Bonchev–Trinajstić information content (AvgIpc) is 2.26. The summed E-state index contributed by atoms with van der Waals surface area (Å²) in [6, 6.07) is 0. The van der Waals surface area contributed by atoms with Crippen molar-refractivity contribution in [2.24, 2.45) is 5.73 Å². The second-order valence-corrected chi connectivity index (χ2v) is 5.16. The molecule has 1 aliphatic rings. The summed E-state index contributed by atoms with van der Waals surface area (Å²) in [5.41, 5.74) is 12.1. The van der Waals surface area contributed by atoms with Gasteiger partial charge in [0.2, 0.25) is 5.91 Å². The molecule has 8 heteroatoms. The van der Waals surface area contributed by atoms with E-state index in [9.17, 15) is 4.79 Å². The molecule has 0 aliphatic carbocycles. The van der Waals surface area contributed by atoms with Crippen molar-refractivity contribution < 1.29 is 4.79 Å². The molecule has 0 radical (unpaired) electrons. The molecule has 2 atom stereocenters. The van der Waals surface area contributed by atoms with Crippen LogP contribution in [0.1, 0.15) is 17.8 Å². The van der Waals surface area contributed by atoms with E-state index in [0.29, 0.717) is 23.8 Å². The number of carbonyl (C=O) groups excluding carboxylic acids is 1. The monoisotopic (exact) mass is 268 g/mol. The number of amides is 1. The highest BCUT2D eigenvalue weighted by Crippen LogP contribution is 2.19. The average molecular weight is 268 g/mol. The van der Waals surface area contributed by atoms with Gasteiger partial charge in [0.25, 0.3) is 0 Å². The van der Waals surface area contributed by atoms with Crippen LogP contribution in [0.3, 0.4) is 0 Å². The predicted octanol–water partition coefficient (Wildman–Crippen LogP) is -0.722. The smallest absolute Gasteiger partial charge is 0.224 e. The maximum Gasteiger partial charge on any atom is 0.224 e. The first kappa shape index (κ1) is 13.1. The van der Waals surface area contributed by atoms with Crippen molar-refractivity contribution in [3.05, 3.63) is 17.6 Å². The first-order chi connectivity index (χ1) is 8.54. The van der Waals surface area contributed by atoms with Gasteiger partial charge in [0.1, 0.15) is 17.1 Å². The van der Waals surface area contributed by atoms with Gasteiger partial charge in [-0.15, -0.1) is 11.8 Å². The minimum absolute atomic E-state index is 0.0492. The zero-order valence-corrected chi connectivity index (χ0v) is 10.8. The van der Waals surface area contributed by atoms with Crippen LogP contribution in [0.5, 0.6) is 0 Å². The fraction of sp³-hybridized carbons (Fsp3) is 0.500. The van der Waals surface area contributed by atoms with Gasteiger partial charge >= 0.3 is 0 Å². The van der Waals surface area contributed by atoms with Crippen LogP contribution in [0.25, 0.3) is 0 Å². The van der Waals surface area contributed by atoms with Crippen LogP contribution in [-0.2, 0) is 10.5 Å². The number of aryl methyl sites for hydroxylation is 1. The summed E-state index contributed by atoms with van der Waals surface area (Å²) in [4.78, 5) is 19.5. The fourth-order valence-corrected chi connectivity index (χ4v) is 2.64. The van der Waals surface area contributed by atoms with E-state index in [1.807, 2.05) is 0 Å². The van der Waals surface area contributed by atoms with Gasteiger partial charge in [-0.3, -0.25) is 10.1 Å². The molecule has 2 heterocycles. The van der Waals surface area contributed by atoms with Crippen molar-refractivity contribution in [1.82, 2.24) is 20.6 Å². The molecule has 1 aliphatic heterocycles. The van der Waals surface area contributed by atoms with Crippen LogP contribution in [-0.4, -0.2) is 27.5 Å². The molecule has 1 aromatic heterocycles. The fourth-order valence-electron chi connectivity index (χ4n) is 1.59. The number of thioether (sulfide) groups is 1. The standard InChI is InChI=1S/C10H16N6OS/c1-5-13-3-6(9(12)14-5)4-18-10-15-7(11)2-8(17)16-10/h3,7,10,15H,2,4,11H2,1H3,(H,16,17)(H2,12,13,14). The quantitative estimate of drug-likeness (QED) is 0.571. The number of carbonyl (C=O) groups is 1. The van der Waals surface area contributed by atoms with Crippen molar-refractivity contribution >= 4 is 23.5 Å². The second kappa shape index (κ2) is 5.51. The third-order valence-electron chi connectivity index (χ3n) is 2.49. The Labute approximate surface area is 109 Å². The first-order valence-corrected chi connectivity index (χ1v) is 6.60. The lowest BCUT2D eigenvalue weighted by molar-refractivity contribution is -0.123. The summed E-state index contributed by atoms with van der Waals surface area (Å²) in [7, 11) is 0. The topological polar surface area (TPSA) is 119 Å². The van der Waals surface area contributed by atoms with Crippen LogP contribution in [0, 0.1) is 6.92 Å². The van der Waals surface area contributed by atoms with Gasteiger partial charge < -0.3 is 16.8 Å². The van der Waals surface area contributed by atoms with Crippen LogP contribution >= 0.6 is 11.8 Å². The second-order valence-electron chi connectivity index (χ2n) is 4.06. The third-order valence-corrected chi connectivity index (χ3v) is 3.55.